The molecule has 4 aromatic carbocycles. The molecule has 34 heavy (non-hydrogen) atoms. The van der Waals surface area contributed by atoms with E-state index in [1.807, 2.05) is 32.0 Å². The summed E-state index contributed by atoms with van der Waals surface area (Å²) < 4.78 is 18.9. The first-order valence-corrected chi connectivity index (χ1v) is 12.1. The molecular formula is C30H32O4. The van der Waals surface area contributed by atoms with Gasteiger partial charge < -0.3 is 19.3 Å². The number of rotatable bonds is 6. The second kappa shape index (κ2) is 8.84. The summed E-state index contributed by atoms with van der Waals surface area (Å²) in [6.07, 6.45) is 0.831. The first kappa shape index (κ1) is 22.5. The number of phenolic OH excluding ortho intramolecular Hbond substituents is 1. The van der Waals surface area contributed by atoms with Crippen molar-refractivity contribution in [3.8, 4) is 28.4 Å². The molecule has 0 aromatic heterocycles. The summed E-state index contributed by atoms with van der Waals surface area (Å²) >= 11 is 0. The van der Waals surface area contributed by atoms with Gasteiger partial charge in [0, 0.05) is 16.7 Å². The summed E-state index contributed by atoms with van der Waals surface area (Å²) in [7, 11) is 0. The molecule has 0 amide bonds. The number of benzene rings is 4. The Morgan fingerprint density at radius 3 is 2.38 bits per heavy atom. The zero-order valence-electron chi connectivity index (χ0n) is 20.4. The van der Waals surface area contributed by atoms with Crippen LogP contribution >= 0.6 is 0 Å². The third-order valence-corrected chi connectivity index (χ3v) is 6.59. The van der Waals surface area contributed by atoms with Gasteiger partial charge in [0.2, 0.25) is 0 Å². The number of aromatic hydroxyl groups is 1. The van der Waals surface area contributed by atoms with Crippen molar-refractivity contribution < 1.29 is 19.3 Å². The largest absolute Gasteiger partial charge is 0.508 e. The molecule has 0 spiro atoms. The molecule has 1 saturated heterocycles. The summed E-state index contributed by atoms with van der Waals surface area (Å²) in [5.74, 6) is 1.89. The highest BCUT2D eigenvalue weighted by Gasteiger charge is 2.36. The highest BCUT2D eigenvalue weighted by molar-refractivity contribution is 6.10. The van der Waals surface area contributed by atoms with E-state index < -0.39 is 0 Å². The molecule has 4 aromatic rings. The van der Waals surface area contributed by atoms with Gasteiger partial charge in [0.1, 0.15) is 17.2 Å². The van der Waals surface area contributed by atoms with Crippen LogP contribution in [-0.4, -0.2) is 24.9 Å². The van der Waals surface area contributed by atoms with E-state index in [0.29, 0.717) is 19.8 Å². The van der Waals surface area contributed by atoms with Gasteiger partial charge >= 0.3 is 0 Å². The lowest BCUT2D eigenvalue weighted by Gasteiger charge is -2.24. The quantitative estimate of drug-likeness (QED) is 0.324. The monoisotopic (exact) mass is 456 g/mol. The molecule has 1 aliphatic rings. The van der Waals surface area contributed by atoms with Crippen molar-refractivity contribution in [1.29, 1.82) is 0 Å². The van der Waals surface area contributed by atoms with Crippen LogP contribution in [0.3, 0.4) is 0 Å². The minimum Gasteiger partial charge on any atom is -0.508 e. The minimum absolute atomic E-state index is 0.0763. The molecule has 0 radical (unpaired) electrons. The fraction of sp³-hybridized carbons (Fsp3) is 0.333. The van der Waals surface area contributed by atoms with Gasteiger partial charge in [-0.05, 0) is 77.6 Å². The smallest absolute Gasteiger partial charge is 0.133 e. The number of phenols is 1. The van der Waals surface area contributed by atoms with Crippen molar-refractivity contribution in [2.45, 2.75) is 40.2 Å². The molecule has 0 aliphatic carbocycles. The van der Waals surface area contributed by atoms with E-state index in [4.69, 9.17) is 14.2 Å². The molecule has 1 aliphatic heterocycles. The van der Waals surface area contributed by atoms with E-state index >= 15 is 0 Å². The average molecular weight is 457 g/mol. The first-order chi connectivity index (χ1) is 16.4. The third kappa shape index (κ3) is 3.97. The van der Waals surface area contributed by atoms with Crippen LogP contribution < -0.4 is 9.47 Å². The second-order valence-corrected chi connectivity index (χ2v) is 9.77. The maximum atomic E-state index is 10.3. The van der Waals surface area contributed by atoms with Crippen LogP contribution in [0.25, 0.3) is 32.7 Å². The highest BCUT2D eigenvalue weighted by Crippen LogP contribution is 2.51. The Morgan fingerprint density at radius 2 is 1.65 bits per heavy atom. The van der Waals surface area contributed by atoms with Gasteiger partial charge in [0.25, 0.3) is 0 Å². The number of fused-ring (bicyclic) bond motifs is 2. The van der Waals surface area contributed by atoms with Gasteiger partial charge in [-0.2, -0.15) is 0 Å². The number of hydrogen-bond donors (Lipinski definition) is 1. The number of ether oxygens (including phenoxy) is 3. The topological polar surface area (TPSA) is 47.9 Å². The van der Waals surface area contributed by atoms with Crippen LogP contribution in [0.5, 0.6) is 17.2 Å². The Bertz CT molecular complexity index is 1360. The summed E-state index contributed by atoms with van der Waals surface area (Å²) in [6, 6.07) is 20.2. The normalized spacial score (nSPS) is 17.4. The molecule has 4 heteroatoms. The van der Waals surface area contributed by atoms with Gasteiger partial charge in [-0.3, -0.25) is 0 Å². The Kier molecular flexibility index (Phi) is 5.86. The predicted octanol–water partition coefficient (Wildman–Crippen LogP) is 7.65. The van der Waals surface area contributed by atoms with Crippen molar-refractivity contribution in [2.24, 2.45) is 5.41 Å². The van der Waals surface area contributed by atoms with E-state index in [1.165, 1.54) is 0 Å². The van der Waals surface area contributed by atoms with E-state index in [9.17, 15) is 5.11 Å². The SMILES string of the molecule is CCOc1ccc2ccccc2c1-c1c(OCC)c(C2CC(C)(C)CO2)cc2cc(O)ccc12. The Balaban J connectivity index is 1.91. The maximum absolute atomic E-state index is 10.3. The van der Waals surface area contributed by atoms with Crippen LogP contribution in [0, 0.1) is 5.41 Å². The zero-order chi connectivity index (χ0) is 23.9. The van der Waals surface area contributed by atoms with Crippen LogP contribution in [0.4, 0.5) is 0 Å². The van der Waals surface area contributed by atoms with E-state index in [2.05, 4.69) is 50.2 Å². The summed E-state index contributed by atoms with van der Waals surface area (Å²) in [6.45, 7) is 10.3. The summed E-state index contributed by atoms with van der Waals surface area (Å²) in [5, 5.41) is 14.5. The standard InChI is InChI=1S/C30H32O4/c1-5-32-25-14-11-19-9-7-8-10-22(19)27(25)28-23-13-12-21(31)15-20(23)16-24(29(28)33-6-2)26-17-30(3,4)18-34-26/h7-16,26,31H,5-6,17-18H2,1-4H3. The lowest BCUT2D eigenvalue weighted by molar-refractivity contribution is 0.0978. The second-order valence-electron chi connectivity index (χ2n) is 9.77. The first-order valence-electron chi connectivity index (χ1n) is 12.1. The molecule has 0 bridgehead atoms. The molecular weight excluding hydrogens is 424 g/mol. The van der Waals surface area contributed by atoms with Crippen molar-refractivity contribution >= 4 is 21.5 Å². The van der Waals surface area contributed by atoms with Gasteiger partial charge in [-0.25, -0.2) is 0 Å². The molecule has 1 heterocycles. The van der Waals surface area contributed by atoms with Gasteiger partial charge in [0.05, 0.1) is 25.9 Å². The van der Waals surface area contributed by atoms with Gasteiger partial charge in [-0.1, -0.05) is 44.2 Å². The molecule has 1 atom stereocenters. The van der Waals surface area contributed by atoms with Crippen molar-refractivity contribution in [2.75, 3.05) is 19.8 Å². The Hall–Kier alpha value is -3.24. The maximum Gasteiger partial charge on any atom is 0.133 e. The lowest BCUT2D eigenvalue weighted by Crippen LogP contribution is -2.09. The minimum atomic E-state index is -0.0763. The van der Waals surface area contributed by atoms with E-state index in [1.54, 1.807) is 6.07 Å². The van der Waals surface area contributed by atoms with E-state index in [-0.39, 0.29) is 17.3 Å². The average Bonchev–Trinajstić information content (AvgIpc) is 3.18. The third-order valence-electron chi connectivity index (χ3n) is 6.59. The van der Waals surface area contributed by atoms with Crippen LogP contribution in [0.1, 0.15) is 45.8 Å². The predicted molar refractivity (Wildman–Crippen MR) is 138 cm³/mol. The molecule has 176 valence electrons. The Labute approximate surface area is 201 Å². The van der Waals surface area contributed by atoms with Gasteiger partial charge in [-0.15, -0.1) is 0 Å². The summed E-state index contributed by atoms with van der Waals surface area (Å²) in [4.78, 5) is 0. The van der Waals surface area contributed by atoms with E-state index in [0.717, 1.165) is 56.2 Å². The highest BCUT2D eigenvalue weighted by atomic mass is 16.5. The van der Waals surface area contributed by atoms with Gasteiger partial charge in [0.15, 0.2) is 0 Å². The van der Waals surface area contributed by atoms with Crippen molar-refractivity contribution in [1.82, 2.24) is 0 Å². The van der Waals surface area contributed by atoms with Crippen molar-refractivity contribution in [3.63, 3.8) is 0 Å². The molecule has 5 rings (SSSR count). The fourth-order valence-electron chi connectivity index (χ4n) is 5.11. The van der Waals surface area contributed by atoms with Crippen LogP contribution in [0.15, 0.2) is 60.7 Å². The molecule has 1 fully saturated rings. The molecule has 1 N–H and O–H groups in total. The fourth-order valence-corrected chi connectivity index (χ4v) is 5.11. The van der Waals surface area contributed by atoms with Crippen LogP contribution in [-0.2, 0) is 4.74 Å². The molecule has 0 saturated carbocycles. The Morgan fingerprint density at radius 1 is 0.882 bits per heavy atom. The lowest BCUT2D eigenvalue weighted by atomic mass is 9.85. The van der Waals surface area contributed by atoms with Crippen molar-refractivity contribution in [3.05, 3.63) is 66.2 Å². The molecule has 4 nitrogen and oxygen atoms in total. The molecule has 1 unspecified atom stereocenters. The zero-order valence-corrected chi connectivity index (χ0v) is 20.4. The summed E-state index contributed by atoms with van der Waals surface area (Å²) in [5.41, 5.74) is 3.12. The number of hydrogen-bond acceptors (Lipinski definition) is 4. The van der Waals surface area contributed by atoms with Crippen LogP contribution in [0.2, 0.25) is 0 Å².